The van der Waals surface area contributed by atoms with Gasteiger partial charge in [0.05, 0.1) is 32.3 Å². The molecule has 1 saturated heterocycles. The minimum atomic E-state index is -1.67. The van der Waals surface area contributed by atoms with Crippen LogP contribution in [0.4, 0.5) is 4.79 Å². The van der Waals surface area contributed by atoms with Crippen LogP contribution in [0.25, 0.3) is 0 Å². The van der Waals surface area contributed by atoms with Gasteiger partial charge < -0.3 is 52.8 Å². The van der Waals surface area contributed by atoms with Crippen LogP contribution in [-0.2, 0) is 60.9 Å². The third-order valence-electron chi connectivity index (χ3n) is 10.9. The SMILES string of the molecule is CCCC[C@H](NC(=O)[C@H](CC(C)C)NC(=O)[C@@H](NC(=O)[C@H](Cc1ccccc1C)NC(=O)[C@@H](COCc1ccccc1)NC(=O)[C@H](CO)NC(=O)[C@@H]1CC(=O)NC(=O)N1)C(C)(C)C)C(=O)C(N)=O. The maximum atomic E-state index is 14.5. The summed E-state index contributed by atoms with van der Waals surface area (Å²) in [4.78, 5) is 132. The molecule has 3 rings (SSSR count). The number of aliphatic hydroxyl groups is 1. The van der Waals surface area contributed by atoms with Crippen molar-refractivity contribution < 1.29 is 57.8 Å². The van der Waals surface area contributed by atoms with Crippen LogP contribution in [0.1, 0.15) is 90.3 Å². The molecule has 2 aromatic carbocycles. The van der Waals surface area contributed by atoms with Crippen LogP contribution in [0.2, 0.25) is 0 Å². The molecular formula is C47H67N9O12. The van der Waals surface area contributed by atoms with Gasteiger partial charge in [-0.2, -0.15) is 0 Å². The summed E-state index contributed by atoms with van der Waals surface area (Å²) in [5.74, 6) is -8.30. The van der Waals surface area contributed by atoms with E-state index < -0.39 is 126 Å². The lowest BCUT2D eigenvalue weighted by Crippen LogP contribution is -2.63. The monoisotopic (exact) mass is 949 g/mol. The van der Waals surface area contributed by atoms with Crippen molar-refractivity contribution in [2.75, 3.05) is 13.2 Å². The number of benzene rings is 2. The summed E-state index contributed by atoms with van der Waals surface area (Å²) in [6, 6.07) is 5.31. The van der Waals surface area contributed by atoms with E-state index in [2.05, 4.69) is 37.2 Å². The zero-order valence-electron chi connectivity index (χ0n) is 39.7. The molecule has 1 heterocycles. The van der Waals surface area contributed by atoms with E-state index in [-0.39, 0.29) is 31.8 Å². The van der Waals surface area contributed by atoms with Crippen molar-refractivity contribution in [2.45, 2.75) is 136 Å². The van der Waals surface area contributed by atoms with Gasteiger partial charge >= 0.3 is 6.03 Å². The van der Waals surface area contributed by atoms with Gasteiger partial charge in [-0.05, 0) is 47.8 Å². The first kappa shape index (κ1) is 55.6. The molecule has 1 fully saturated rings. The van der Waals surface area contributed by atoms with Crippen molar-refractivity contribution in [1.82, 2.24) is 42.5 Å². The lowest BCUT2D eigenvalue weighted by Gasteiger charge is -2.34. The van der Waals surface area contributed by atoms with Crippen LogP contribution in [0.3, 0.4) is 0 Å². The minimum Gasteiger partial charge on any atom is -0.394 e. The van der Waals surface area contributed by atoms with E-state index in [0.29, 0.717) is 18.4 Å². The maximum Gasteiger partial charge on any atom is 0.322 e. The van der Waals surface area contributed by atoms with Crippen molar-refractivity contribution in [2.24, 2.45) is 17.1 Å². The fourth-order valence-corrected chi connectivity index (χ4v) is 7.10. The highest BCUT2D eigenvalue weighted by Gasteiger charge is 2.39. The third-order valence-corrected chi connectivity index (χ3v) is 10.9. The van der Waals surface area contributed by atoms with Gasteiger partial charge in [0.25, 0.3) is 5.91 Å². The number of carbonyl (C=O) groups excluding carboxylic acids is 10. The molecule has 11 N–H and O–H groups in total. The first-order chi connectivity index (χ1) is 32.0. The van der Waals surface area contributed by atoms with Crippen LogP contribution in [-0.4, -0.2) is 120 Å². The molecule has 21 nitrogen and oxygen atoms in total. The number of primary amides is 1. The van der Waals surface area contributed by atoms with E-state index >= 15 is 0 Å². The van der Waals surface area contributed by atoms with Gasteiger partial charge in [-0.25, -0.2) is 4.79 Å². The standard InChI is InChI=1S/C47H67N9O12/c1-8-9-19-30(37(59)39(48)60)49-40(61)31(20-26(2)3)51-45(66)38(47(5,6)7)56-42(63)32(21-29-18-14-13-15-27(29)4)50-44(65)35(25-68-24-28-16-11-10-12-17-28)53-43(64)34(23-57)52-41(62)33-22-36(58)55-46(67)54-33/h10-18,26,30-35,38,57H,8-9,19-25H2,1-7H3,(H2,48,60)(H,49,61)(H,50,65)(H,51,66)(H,52,62)(H,53,64)(H,56,63)(H2,54,55,58,67)/t30-,31-,32-,33-,34-,35+,38+/m0/s1. The second-order valence-electron chi connectivity index (χ2n) is 18.2. The first-order valence-electron chi connectivity index (χ1n) is 22.6. The summed E-state index contributed by atoms with van der Waals surface area (Å²) in [5.41, 5.74) is 6.41. The zero-order chi connectivity index (χ0) is 50.7. The highest BCUT2D eigenvalue weighted by Crippen LogP contribution is 2.21. The number of nitrogens with one attached hydrogen (secondary N) is 8. The molecule has 10 amide bonds. The highest BCUT2D eigenvalue weighted by molar-refractivity contribution is 6.37. The van der Waals surface area contributed by atoms with Gasteiger partial charge in [0.2, 0.25) is 47.1 Å². The fourth-order valence-electron chi connectivity index (χ4n) is 7.10. The number of hydrogen-bond acceptors (Lipinski definition) is 12. The molecule has 0 radical (unpaired) electrons. The molecule has 0 bridgehead atoms. The Kier molecular flexibility index (Phi) is 21.7. The Morgan fingerprint density at radius 3 is 1.93 bits per heavy atom. The quantitative estimate of drug-likeness (QED) is 0.0539. The topological polar surface area (TPSA) is 322 Å². The van der Waals surface area contributed by atoms with E-state index in [1.54, 1.807) is 82.3 Å². The molecule has 0 saturated carbocycles. The van der Waals surface area contributed by atoms with E-state index in [9.17, 15) is 53.1 Å². The van der Waals surface area contributed by atoms with Gasteiger partial charge in [0.15, 0.2) is 0 Å². The molecule has 1 aliphatic rings. The molecular weight excluding hydrogens is 883 g/mol. The predicted molar refractivity (Wildman–Crippen MR) is 247 cm³/mol. The number of Topliss-reactive ketones (excluding diaryl/α,β-unsaturated/α-hetero) is 1. The smallest absolute Gasteiger partial charge is 0.322 e. The largest absolute Gasteiger partial charge is 0.394 e. The molecule has 1 aliphatic heterocycles. The molecule has 68 heavy (non-hydrogen) atoms. The highest BCUT2D eigenvalue weighted by atomic mass is 16.5. The van der Waals surface area contributed by atoms with Crippen molar-refractivity contribution in [1.29, 1.82) is 0 Å². The van der Waals surface area contributed by atoms with Gasteiger partial charge in [-0.1, -0.05) is 109 Å². The van der Waals surface area contributed by atoms with Crippen LogP contribution >= 0.6 is 0 Å². The Labute approximate surface area is 396 Å². The summed E-state index contributed by atoms with van der Waals surface area (Å²) >= 11 is 0. The van der Waals surface area contributed by atoms with E-state index in [1.807, 2.05) is 26.1 Å². The number of urea groups is 1. The lowest BCUT2D eigenvalue weighted by molar-refractivity contribution is -0.139. The summed E-state index contributed by atoms with van der Waals surface area (Å²) in [5, 5.41) is 29.9. The van der Waals surface area contributed by atoms with Gasteiger partial charge in [0, 0.05) is 6.42 Å². The first-order valence-corrected chi connectivity index (χ1v) is 22.6. The second kappa shape index (κ2) is 26.6. The molecule has 0 spiro atoms. The number of unbranched alkanes of at least 4 members (excludes halogenated alkanes) is 1. The summed E-state index contributed by atoms with van der Waals surface area (Å²) in [6.45, 7) is 10.9. The van der Waals surface area contributed by atoms with Gasteiger partial charge in [-0.15, -0.1) is 0 Å². The van der Waals surface area contributed by atoms with Crippen LogP contribution in [0.15, 0.2) is 54.6 Å². The fraction of sp³-hybridized carbons (Fsp3) is 0.532. The van der Waals surface area contributed by atoms with Crippen molar-refractivity contribution in [3.8, 4) is 0 Å². The molecule has 21 heteroatoms. The van der Waals surface area contributed by atoms with Gasteiger partial charge in [-0.3, -0.25) is 48.5 Å². The molecule has 2 aromatic rings. The van der Waals surface area contributed by atoms with Crippen LogP contribution in [0.5, 0.6) is 0 Å². The number of rotatable bonds is 26. The summed E-state index contributed by atoms with van der Waals surface area (Å²) < 4.78 is 5.84. The Hall–Kier alpha value is -6.74. The number of ketones is 1. The normalized spacial score (nSPS) is 16.3. The Morgan fingerprint density at radius 2 is 1.34 bits per heavy atom. The number of carbonyl (C=O) groups is 10. The number of imide groups is 1. The Morgan fingerprint density at radius 1 is 0.765 bits per heavy atom. The Balaban J connectivity index is 1.94. The number of ether oxygens (including phenoxy) is 1. The van der Waals surface area contributed by atoms with Crippen molar-refractivity contribution >= 4 is 59.1 Å². The van der Waals surface area contributed by atoms with Crippen molar-refractivity contribution in [3.05, 3.63) is 71.3 Å². The lowest BCUT2D eigenvalue weighted by atomic mass is 9.85. The maximum absolute atomic E-state index is 14.5. The number of aliphatic hydroxyl groups excluding tert-OH is 1. The Bertz CT molecular complexity index is 2110. The number of amides is 10. The molecule has 0 aromatic heterocycles. The number of nitrogens with two attached hydrogens (primary N) is 1. The van der Waals surface area contributed by atoms with Crippen LogP contribution < -0.4 is 48.3 Å². The van der Waals surface area contributed by atoms with Crippen molar-refractivity contribution in [3.63, 3.8) is 0 Å². The predicted octanol–water partition coefficient (Wildman–Crippen LogP) is -0.410. The number of hydrogen-bond donors (Lipinski definition) is 10. The molecule has 0 aliphatic carbocycles. The summed E-state index contributed by atoms with van der Waals surface area (Å²) in [6.07, 6.45) is 0.890. The third kappa shape index (κ3) is 17.8. The molecule has 372 valence electrons. The molecule has 0 unspecified atom stereocenters. The van der Waals surface area contributed by atoms with E-state index in [1.165, 1.54) is 0 Å². The number of aryl methyl sites for hydroxylation is 1. The van der Waals surface area contributed by atoms with E-state index in [4.69, 9.17) is 10.5 Å². The zero-order valence-corrected chi connectivity index (χ0v) is 39.7. The average Bonchev–Trinajstić information content (AvgIpc) is 3.27. The molecule has 7 atom stereocenters. The van der Waals surface area contributed by atoms with Gasteiger partial charge in [0.1, 0.15) is 36.3 Å². The second-order valence-corrected chi connectivity index (χ2v) is 18.2. The summed E-state index contributed by atoms with van der Waals surface area (Å²) in [7, 11) is 0. The average molecular weight is 950 g/mol. The van der Waals surface area contributed by atoms with E-state index in [0.717, 1.165) is 11.1 Å². The van der Waals surface area contributed by atoms with Crippen LogP contribution in [0, 0.1) is 18.3 Å². The minimum absolute atomic E-state index is 0.00370.